The third-order valence-electron chi connectivity index (χ3n) is 7.40. The van der Waals surface area contributed by atoms with Gasteiger partial charge >= 0.3 is 0 Å². The van der Waals surface area contributed by atoms with Crippen molar-refractivity contribution in [3.63, 3.8) is 0 Å². The van der Waals surface area contributed by atoms with E-state index in [2.05, 4.69) is 33.9 Å². The summed E-state index contributed by atoms with van der Waals surface area (Å²) in [6.45, 7) is 2.25. The third kappa shape index (κ3) is 3.86. The van der Waals surface area contributed by atoms with Crippen molar-refractivity contribution in [1.82, 2.24) is 9.62 Å². The average Bonchev–Trinajstić information content (AvgIpc) is 2.96. The first-order valence-corrected chi connectivity index (χ1v) is 12.1. The quantitative estimate of drug-likeness (QED) is 0.687. The molecular weight excluding hydrogens is 399 g/mol. The molecule has 6 heteroatoms. The maximum absolute atomic E-state index is 15.1. The molecule has 0 amide bonds. The standard InChI is InChI=1S/C24H29FN2O2S/c25-22-14-18-15-23(27-10-5-11-27)21(12-17-6-2-1-3-7-17)20(18)13-19(22)16-24(8-4-9-24)26-30(28)29/h1-3,6-7,13-14,21,23,26H,4-5,8-12,15-16H2,(H,28,29)/p-1. The highest BCUT2D eigenvalue weighted by Gasteiger charge is 2.41. The molecular formula is C24H28FN2O2S-. The fourth-order valence-electron chi connectivity index (χ4n) is 5.54. The molecule has 1 saturated heterocycles. The number of hydrogen-bond acceptors (Lipinski definition) is 3. The minimum atomic E-state index is -2.33. The molecule has 2 aliphatic carbocycles. The highest BCUT2D eigenvalue weighted by molar-refractivity contribution is 7.77. The Morgan fingerprint density at radius 3 is 2.53 bits per heavy atom. The van der Waals surface area contributed by atoms with Gasteiger partial charge in [-0.1, -0.05) is 36.4 Å². The first-order valence-electron chi connectivity index (χ1n) is 11.0. The van der Waals surface area contributed by atoms with E-state index < -0.39 is 16.8 Å². The molecule has 1 saturated carbocycles. The fraction of sp³-hybridized carbons (Fsp3) is 0.500. The lowest BCUT2D eigenvalue weighted by molar-refractivity contribution is 0.106. The van der Waals surface area contributed by atoms with Gasteiger partial charge < -0.3 is 4.55 Å². The van der Waals surface area contributed by atoms with Gasteiger partial charge in [-0.3, -0.25) is 9.11 Å². The molecule has 3 aliphatic rings. The molecule has 3 atom stereocenters. The number of rotatable bonds is 7. The zero-order valence-electron chi connectivity index (χ0n) is 17.1. The first-order chi connectivity index (χ1) is 14.5. The van der Waals surface area contributed by atoms with Crippen LogP contribution in [0.3, 0.4) is 0 Å². The topological polar surface area (TPSA) is 55.4 Å². The van der Waals surface area contributed by atoms with Crippen LogP contribution in [0.25, 0.3) is 0 Å². The number of likely N-dealkylation sites (tertiary alicyclic amines) is 1. The lowest BCUT2D eigenvalue weighted by Crippen LogP contribution is -2.53. The van der Waals surface area contributed by atoms with E-state index in [-0.39, 0.29) is 5.82 Å². The monoisotopic (exact) mass is 427 g/mol. The van der Waals surface area contributed by atoms with Crippen LogP contribution in [0, 0.1) is 5.82 Å². The van der Waals surface area contributed by atoms with E-state index in [0.717, 1.165) is 50.8 Å². The van der Waals surface area contributed by atoms with Gasteiger partial charge in [0.2, 0.25) is 0 Å². The lowest BCUT2D eigenvalue weighted by atomic mass is 9.73. The van der Waals surface area contributed by atoms with Gasteiger partial charge in [-0.2, -0.15) is 0 Å². The summed E-state index contributed by atoms with van der Waals surface area (Å²) in [6, 6.07) is 14.7. The molecule has 160 valence electrons. The van der Waals surface area contributed by atoms with Crippen LogP contribution in [0.15, 0.2) is 42.5 Å². The summed E-state index contributed by atoms with van der Waals surface area (Å²) in [7, 11) is 0. The second kappa shape index (κ2) is 8.15. The molecule has 0 aromatic heterocycles. The Hall–Kier alpha value is -1.60. The first kappa shape index (κ1) is 20.3. The zero-order chi connectivity index (χ0) is 20.7. The van der Waals surface area contributed by atoms with Crippen molar-refractivity contribution in [1.29, 1.82) is 0 Å². The van der Waals surface area contributed by atoms with Crippen molar-refractivity contribution in [2.24, 2.45) is 0 Å². The second-order valence-corrected chi connectivity index (χ2v) is 9.92. The summed E-state index contributed by atoms with van der Waals surface area (Å²) in [5.41, 5.74) is 3.81. The van der Waals surface area contributed by atoms with Crippen LogP contribution < -0.4 is 4.72 Å². The zero-order valence-corrected chi connectivity index (χ0v) is 17.9. The molecule has 1 aliphatic heterocycles. The molecule has 3 unspecified atom stereocenters. The Labute approximate surface area is 180 Å². The van der Waals surface area contributed by atoms with Gasteiger partial charge in [-0.15, -0.1) is 0 Å². The van der Waals surface area contributed by atoms with E-state index in [9.17, 15) is 8.76 Å². The summed E-state index contributed by atoms with van der Waals surface area (Å²) >= 11 is -2.33. The molecule has 0 bridgehead atoms. The molecule has 5 rings (SSSR count). The van der Waals surface area contributed by atoms with Crippen molar-refractivity contribution < 1.29 is 13.2 Å². The molecule has 4 nitrogen and oxygen atoms in total. The maximum atomic E-state index is 15.1. The van der Waals surface area contributed by atoms with E-state index in [1.54, 1.807) is 6.07 Å². The molecule has 2 aromatic rings. The highest BCUT2D eigenvalue weighted by Crippen LogP contribution is 2.43. The maximum Gasteiger partial charge on any atom is 0.126 e. The number of hydrogen-bond donors (Lipinski definition) is 1. The van der Waals surface area contributed by atoms with E-state index in [1.165, 1.54) is 17.5 Å². The van der Waals surface area contributed by atoms with Gasteiger partial charge in [-0.25, -0.2) is 9.11 Å². The van der Waals surface area contributed by atoms with E-state index >= 15 is 4.39 Å². The van der Waals surface area contributed by atoms with Crippen LogP contribution >= 0.6 is 0 Å². The predicted molar refractivity (Wildman–Crippen MR) is 115 cm³/mol. The molecule has 1 N–H and O–H groups in total. The normalized spacial score (nSPS) is 25.9. The number of fused-ring (bicyclic) bond motifs is 1. The highest BCUT2D eigenvalue weighted by atomic mass is 32.2. The Bertz CT molecular complexity index is 944. The fourth-order valence-corrected chi connectivity index (χ4v) is 6.17. The molecule has 2 aromatic carbocycles. The molecule has 30 heavy (non-hydrogen) atoms. The number of halogens is 1. The van der Waals surface area contributed by atoms with Crippen LogP contribution in [-0.4, -0.2) is 38.3 Å². The van der Waals surface area contributed by atoms with Gasteiger partial charge in [0.05, 0.1) is 0 Å². The molecule has 0 spiro atoms. The van der Waals surface area contributed by atoms with Gasteiger partial charge in [0.25, 0.3) is 0 Å². The van der Waals surface area contributed by atoms with Crippen LogP contribution in [-0.2, 0) is 30.5 Å². The van der Waals surface area contributed by atoms with Crippen LogP contribution in [0.4, 0.5) is 4.39 Å². The largest absolute Gasteiger partial charge is 0.760 e. The number of nitrogens with zero attached hydrogens (tertiary/aromatic N) is 1. The second-order valence-electron chi connectivity index (χ2n) is 9.25. The number of benzene rings is 2. The molecule has 0 radical (unpaired) electrons. The summed E-state index contributed by atoms with van der Waals surface area (Å²) < 4.78 is 40.3. The van der Waals surface area contributed by atoms with E-state index in [1.807, 2.05) is 12.1 Å². The van der Waals surface area contributed by atoms with Crippen molar-refractivity contribution in [3.8, 4) is 0 Å². The summed E-state index contributed by atoms with van der Waals surface area (Å²) in [6.07, 6.45) is 6.02. The minimum absolute atomic E-state index is 0.193. The van der Waals surface area contributed by atoms with Gasteiger partial charge in [0.15, 0.2) is 0 Å². The Morgan fingerprint density at radius 2 is 1.93 bits per heavy atom. The third-order valence-corrected chi connectivity index (χ3v) is 8.00. The summed E-state index contributed by atoms with van der Waals surface area (Å²) in [5.74, 6) is 0.155. The molecule has 2 fully saturated rings. The predicted octanol–water partition coefficient (Wildman–Crippen LogP) is 3.63. The van der Waals surface area contributed by atoms with Crippen LogP contribution in [0.2, 0.25) is 0 Å². The molecule has 1 heterocycles. The SMILES string of the molecule is O=S([O-])NC1(Cc2cc3c(cc2F)CC(N2CCC2)C3Cc2ccccc2)CCC1. The van der Waals surface area contributed by atoms with Gasteiger partial charge in [0.1, 0.15) is 5.82 Å². The van der Waals surface area contributed by atoms with Gasteiger partial charge in [-0.05, 0) is 86.4 Å². The van der Waals surface area contributed by atoms with Crippen molar-refractivity contribution in [2.45, 2.75) is 62.4 Å². The average molecular weight is 428 g/mol. The number of nitrogens with one attached hydrogen (secondary N) is 1. The van der Waals surface area contributed by atoms with E-state index in [4.69, 9.17) is 0 Å². The Kier molecular flexibility index (Phi) is 5.52. The van der Waals surface area contributed by atoms with Crippen LogP contribution in [0.1, 0.15) is 53.9 Å². The minimum Gasteiger partial charge on any atom is -0.760 e. The summed E-state index contributed by atoms with van der Waals surface area (Å²) in [4.78, 5) is 2.54. The Morgan fingerprint density at radius 1 is 1.17 bits per heavy atom. The smallest absolute Gasteiger partial charge is 0.126 e. The summed E-state index contributed by atoms with van der Waals surface area (Å²) in [5, 5.41) is 0. The van der Waals surface area contributed by atoms with Crippen molar-refractivity contribution in [3.05, 3.63) is 70.5 Å². The van der Waals surface area contributed by atoms with Crippen molar-refractivity contribution in [2.75, 3.05) is 13.1 Å². The Balaban J connectivity index is 1.46. The van der Waals surface area contributed by atoms with Gasteiger partial charge in [0, 0.05) is 28.8 Å². The van der Waals surface area contributed by atoms with Crippen molar-refractivity contribution >= 4 is 11.3 Å². The van der Waals surface area contributed by atoms with Crippen LogP contribution in [0.5, 0.6) is 0 Å². The lowest BCUT2D eigenvalue weighted by Gasteiger charge is -2.43. The van der Waals surface area contributed by atoms with E-state index in [0.29, 0.717) is 23.9 Å².